The van der Waals surface area contributed by atoms with Gasteiger partial charge in [0.1, 0.15) is 6.07 Å². The van der Waals surface area contributed by atoms with Crippen LogP contribution in [0.5, 0.6) is 0 Å². The molecule has 0 saturated carbocycles. The molecule has 0 unspecified atom stereocenters. The molecule has 3 aromatic rings. The second-order valence-electron chi connectivity index (χ2n) is 7.38. The highest BCUT2D eigenvalue weighted by atomic mass is 32.1. The fourth-order valence-electron chi connectivity index (χ4n) is 3.66. The molecule has 1 fully saturated rings. The molecule has 1 aromatic heterocycles. The van der Waals surface area contributed by atoms with Crippen LogP contribution in [-0.2, 0) is 11.0 Å². The largest absolute Gasteiger partial charge is 0.419 e. The lowest BCUT2D eigenvalue weighted by Gasteiger charge is -2.30. The van der Waals surface area contributed by atoms with Gasteiger partial charge >= 0.3 is 6.18 Å². The van der Waals surface area contributed by atoms with E-state index in [9.17, 15) is 18.0 Å². The van der Waals surface area contributed by atoms with Crippen LogP contribution in [-0.4, -0.2) is 22.5 Å². The molecule has 4 rings (SSSR count). The first-order chi connectivity index (χ1) is 15.8. The third-order valence-electron chi connectivity index (χ3n) is 5.27. The van der Waals surface area contributed by atoms with Crippen LogP contribution in [0.2, 0.25) is 0 Å². The van der Waals surface area contributed by atoms with E-state index in [0.29, 0.717) is 13.0 Å². The molecule has 9 heteroatoms. The molecular formula is C24H17F3N4OS. The predicted molar refractivity (Wildman–Crippen MR) is 122 cm³/mol. The van der Waals surface area contributed by atoms with Crippen LogP contribution in [0.1, 0.15) is 24.1 Å². The SMILES string of the molecule is N#Cc1ncc(N2C(=O)CCCN(c3ccc(-c4ccccc4)cc3)C2=S)cc1C(F)(F)F. The summed E-state index contributed by atoms with van der Waals surface area (Å²) >= 11 is 5.56. The third-order valence-corrected chi connectivity index (χ3v) is 5.68. The topological polar surface area (TPSA) is 60.2 Å². The van der Waals surface area contributed by atoms with Crippen molar-refractivity contribution in [1.82, 2.24) is 4.98 Å². The molecule has 1 aliphatic heterocycles. The number of benzene rings is 2. The molecular weight excluding hydrogens is 449 g/mol. The van der Waals surface area contributed by atoms with Gasteiger partial charge < -0.3 is 4.90 Å². The van der Waals surface area contributed by atoms with Crippen molar-refractivity contribution >= 4 is 34.6 Å². The van der Waals surface area contributed by atoms with Gasteiger partial charge in [0.2, 0.25) is 5.91 Å². The molecule has 1 saturated heterocycles. The van der Waals surface area contributed by atoms with Crippen LogP contribution in [0.3, 0.4) is 0 Å². The number of thiocarbonyl (C=S) groups is 1. The maximum Gasteiger partial charge on any atom is 0.419 e. The average molecular weight is 466 g/mol. The van der Waals surface area contributed by atoms with Gasteiger partial charge in [0, 0.05) is 18.7 Å². The Morgan fingerprint density at radius 3 is 2.30 bits per heavy atom. The highest BCUT2D eigenvalue weighted by Crippen LogP contribution is 2.35. The lowest BCUT2D eigenvalue weighted by molar-refractivity contribution is -0.138. The number of anilines is 2. The highest BCUT2D eigenvalue weighted by molar-refractivity contribution is 7.81. The van der Waals surface area contributed by atoms with E-state index in [1.165, 1.54) is 6.07 Å². The van der Waals surface area contributed by atoms with Crippen molar-refractivity contribution in [1.29, 1.82) is 5.26 Å². The fourth-order valence-corrected chi connectivity index (χ4v) is 4.07. The third kappa shape index (κ3) is 4.56. The zero-order chi connectivity index (χ0) is 23.6. The molecule has 33 heavy (non-hydrogen) atoms. The van der Waals surface area contributed by atoms with Crippen LogP contribution < -0.4 is 9.80 Å². The number of nitrogens with zero attached hydrogens (tertiary/aromatic N) is 4. The summed E-state index contributed by atoms with van der Waals surface area (Å²) in [6.07, 6.45) is -3.14. The first-order valence-corrected chi connectivity index (χ1v) is 10.5. The quantitative estimate of drug-likeness (QED) is 0.473. The summed E-state index contributed by atoms with van der Waals surface area (Å²) < 4.78 is 40.3. The van der Waals surface area contributed by atoms with Crippen LogP contribution in [0.15, 0.2) is 66.9 Å². The number of nitriles is 1. The first kappa shape index (κ1) is 22.4. The van der Waals surface area contributed by atoms with Gasteiger partial charge in [0.15, 0.2) is 10.8 Å². The standard InChI is InChI=1S/C24H17F3N4OS/c25-24(26,27)20-13-19(15-29-21(20)14-28)31-22(32)7-4-12-30(23(31)33)18-10-8-17(9-11-18)16-5-2-1-3-6-16/h1-3,5-6,8-11,13,15H,4,7,12H2. The maximum absolute atomic E-state index is 13.4. The second-order valence-corrected chi connectivity index (χ2v) is 7.74. The summed E-state index contributed by atoms with van der Waals surface area (Å²) in [5, 5.41) is 9.06. The van der Waals surface area contributed by atoms with E-state index in [2.05, 4.69) is 4.98 Å². The number of hydrogen-bond donors (Lipinski definition) is 0. The smallest absolute Gasteiger partial charge is 0.318 e. The van der Waals surface area contributed by atoms with Gasteiger partial charge in [0.05, 0.1) is 17.4 Å². The molecule has 2 aromatic carbocycles. The van der Waals surface area contributed by atoms with Crippen LogP contribution in [0.25, 0.3) is 11.1 Å². The molecule has 1 aliphatic rings. The lowest BCUT2D eigenvalue weighted by Crippen LogP contribution is -2.44. The van der Waals surface area contributed by atoms with Crippen LogP contribution in [0, 0.1) is 11.3 Å². The predicted octanol–water partition coefficient (Wildman–Crippen LogP) is 5.56. The Hall–Kier alpha value is -3.77. The normalized spacial score (nSPS) is 14.7. The van der Waals surface area contributed by atoms with Gasteiger partial charge in [0.25, 0.3) is 0 Å². The average Bonchev–Trinajstić information content (AvgIpc) is 2.96. The first-order valence-electron chi connectivity index (χ1n) is 10.1. The fraction of sp³-hybridized carbons (Fsp3) is 0.167. The zero-order valence-corrected chi connectivity index (χ0v) is 18.0. The molecule has 0 radical (unpaired) electrons. The van der Waals surface area contributed by atoms with E-state index < -0.39 is 23.3 Å². The van der Waals surface area contributed by atoms with E-state index >= 15 is 0 Å². The highest BCUT2D eigenvalue weighted by Gasteiger charge is 2.37. The van der Waals surface area contributed by atoms with Gasteiger partial charge in [-0.25, -0.2) is 4.98 Å². The van der Waals surface area contributed by atoms with Crippen molar-refractivity contribution in [3.63, 3.8) is 0 Å². The van der Waals surface area contributed by atoms with Gasteiger partial charge in [-0.3, -0.25) is 9.69 Å². The summed E-state index contributed by atoms with van der Waals surface area (Å²) in [5.41, 5.74) is 0.678. The Labute approximate surface area is 193 Å². The number of halogens is 3. The van der Waals surface area contributed by atoms with E-state index in [0.717, 1.165) is 34.0 Å². The van der Waals surface area contributed by atoms with Crippen molar-refractivity contribution in [2.75, 3.05) is 16.3 Å². The molecule has 5 nitrogen and oxygen atoms in total. The molecule has 0 atom stereocenters. The monoisotopic (exact) mass is 466 g/mol. The van der Waals surface area contributed by atoms with Crippen LogP contribution in [0.4, 0.5) is 24.5 Å². The summed E-state index contributed by atoms with van der Waals surface area (Å²) in [6, 6.07) is 19.6. The molecule has 2 heterocycles. The molecule has 1 amide bonds. The zero-order valence-electron chi connectivity index (χ0n) is 17.2. The van der Waals surface area contributed by atoms with E-state index in [1.54, 1.807) is 4.90 Å². The Kier molecular flexibility index (Phi) is 6.11. The van der Waals surface area contributed by atoms with E-state index in [-0.39, 0.29) is 17.2 Å². The minimum atomic E-state index is -4.79. The summed E-state index contributed by atoms with van der Waals surface area (Å²) in [5.74, 6) is -0.428. The van der Waals surface area contributed by atoms with Gasteiger partial charge in [-0.15, -0.1) is 0 Å². The number of pyridine rings is 1. The Bertz CT molecular complexity index is 1240. The number of aromatic nitrogens is 1. The van der Waals surface area contributed by atoms with Crippen molar-refractivity contribution < 1.29 is 18.0 Å². The van der Waals surface area contributed by atoms with Crippen molar-refractivity contribution in [3.8, 4) is 17.2 Å². The van der Waals surface area contributed by atoms with Gasteiger partial charge in [-0.1, -0.05) is 42.5 Å². The molecule has 166 valence electrons. The van der Waals surface area contributed by atoms with Crippen molar-refractivity contribution in [2.45, 2.75) is 19.0 Å². The number of amides is 1. The Balaban J connectivity index is 1.69. The Morgan fingerprint density at radius 1 is 1.00 bits per heavy atom. The molecule has 0 bridgehead atoms. The van der Waals surface area contributed by atoms with E-state index in [4.69, 9.17) is 17.5 Å². The maximum atomic E-state index is 13.4. The summed E-state index contributed by atoms with van der Waals surface area (Å²) in [4.78, 5) is 19.2. The molecule has 0 aliphatic carbocycles. The van der Waals surface area contributed by atoms with Crippen LogP contribution >= 0.6 is 12.2 Å². The number of alkyl halides is 3. The van der Waals surface area contributed by atoms with Gasteiger partial charge in [-0.05, 0) is 48.0 Å². The summed E-state index contributed by atoms with van der Waals surface area (Å²) in [7, 11) is 0. The second kappa shape index (κ2) is 9.00. The minimum Gasteiger partial charge on any atom is -0.318 e. The minimum absolute atomic E-state index is 0.0598. The number of rotatable bonds is 3. The number of carbonyl (C=O) groups is 1. The molecule has 0 spiro atoms. The summed E-state index contributed by atoms with van der Waals surface area (Å²) in [6.45, 7) is 0.432. The Morgan fingerprint density at radius 2 is 1.67 bits per heavy atom. The van der Waals surface area contributed by atoms with Gasteiger partial charge in [-0.2, -0.15) is 18.4 Å². The van der Waals surface area contributed by atoms with Crippen molar-refractivity contribution in [2.24, 2.45) is 0 Å². The van der Waals surface area contributed by atoms with E-state index in [1.807, 2.05) is 54.6 Å². The number of hydrogen-bond acceptors (Lipinski definition) is 4. The molecule has 0 N–H and O–H groups in total. The number of carbonyl (C=O) groups excluding carboxylic acids is 1. The van der Waals surface area contributed by atoms with Crippen molar-refractivity contribution in [3.05, 3.63) is 78.1 Å². The lowest BCUT2D eigenvalue weighted by atomic mass is 10.1.